The Bertz CT molecular complexity index is 408. The molecule has 2 N–H and O–H groups in total. The van der Waals surface area contributed by atoms with Crippen molar-refractivity contribution in [2.75, 3.05) is 36.7 Å². The Balaban J connectivity index is 2.39. The summed E-state index contributed by atoms with van der Waals surface area (Å²) in [6.45, 7) is 0.555. The standard InChI is InChI=1S/C11H15N3OS/c1-12-7-14-9-5-8(13-2)3-4-10(9)16-6-11(14)15/h3-5,12-13H,6-7H2,1-2H3. The molecule has 16 heavy (non-hydrogen) atoms. The van der Waals surface area contributed by atoms with Gasteiger partial charge in [0.25, 0.3) is 0 Å². The summed E-state index contributed by atoms with van der Waals surface area (Å²) >= 11 is 1.60. The van der Waals surface area contributed by atoms with E-state index in [0.717, 1.165) is 16.3 Å². The van der Waals surface area contributed by atoms with Crippen LogP contribution in [0.2, 0.25) is 0 Å². The summed E-state index contributed by atoms with van der Waals surface area (Å²) in [6.07, 6.45) is 0. The maximum Gasteiger partial charge on any atom is 0.238 e. The van der Waals surface area contributed by atoms with Gasteiger partial charge in [-0.3, -0.25) is 9.69 Å². The van der Waals surface area contributed by atoms with Crippen molar-refractivity contribution in [2.24, 2.45) is 0 Å². The molecule has 86 valence electrons. The van der Waals surface area contributed by atoms with Crippen LogP contribution < -0.4 is 15.5 Å². The Morgan fingerprint density at radius 1 is 1.44 bits per heavy atom. The maximum atomic E-state index is 11.8. The molecule has 2 rings (SSSR count). The zero-order valence-electron chi connectivity index (χ0n) is 9.41. The van der Waals surface area contributed by atoms with Crippen molar-refractivity contribution in [3.8, 4) is 0 Å². The van der Waals surface area contributed by atoms with Crippen molar-refractivity contribution in [3.05, 3.63) is 18.2 Å². The highest BCUT2D eigenvalue weighted by Gasteiger charge is 2.24. The minimum Gasteiger partial charge on any atom is -0.388 e. The molecule has 1 aliphatic heterocycles. The lowest BCUT2D eigenvalue weighted by Gasteiger charge is -2.29. The molecule has 0 aliphatic carbocycles. The van der Waals surface area contributed by atoms with Crippen LogP contribution in [0.1, 0.15) is 0 Å². The Labute approximate surface area is 99.4 Å². The van der Waals surface area contributed by atoms with E-state index in [1.807, 2.05) is 26.2 Å². The van der Waals surface area contributed by atoms with Crippen LogP contribution in [0, 0.1) is 0 Å². The number of benzene rings is 1. The van der Waals surface area contributed by atoms with Gasteiger partial charge in [0, 0.05) is 17.6 Å². The molecule has 0 atom stereocenters. The SMILES string of the molecule is CNCN1C(=O)CSc2ccc(NC)cc21. The van der Waals surface area contributed by atoms with Crippen LogP contribution in [0.3, 0.4) is 0 Å². The molecular formula is C11H15N3OS. The van der Waals surface area contributed by atoms with Crippen molar-refractivity contribution in [1.29, 1.82) is 0 Å². The second-order valence-corrected chi connectivity index (χ2v) is 4.57. The van der Waals surface area contributed by atoms with Crippen LogP contribution in [-0.4, -0.2) is 32.4 Å². The lowest BCUT2D eigenvalue weighted by molar-refractivity contribution is -0.116. The monoisotopic (exact) mass is 237 g/mol. The molecule has 5 heteroatoms. The number of anilines is 2. The van der Waals surface area contributed by atoms with Crippen LogP contribution in [0.4, 0.5) is 11.4 Å². The summed E-state index contributed by atoms with van der Waals surface area (Å²) in [7, 11) is 3.72. The van der Waals surface area contributed by atoms with Gasteiger partial charge >= 0.3 is 0 Å². The molecule has 0 aromatic heterocycles. The molecule has 0 radical (unpaired) electrons. The molecule has 0 spiro atoms. The van der Waals surface area contributed by atoms with Gasteiger partial charge in [-0.2, -0.15) is 0 Å². The zero-order chi connectivity index (χ0) is 11.5. The normalized spacial score (nSPS) is 14.9. The maximum absolute atomic E-state index is 11.8. The number of fused-ring (bicyclic) bond motifs is 1. The van der Waals surface area contributed by atoms with E-state index in [0.29, 0.717) is 12.4 Å². The molecule has 0 bridgehead atoms. The number of hydrogen-bond acceptors (Lipinski definition) is 4. The van der Waals surface area contributed by atoms with E-state index >= 15 is 0 Å². The molecule has 0 saturated carbocycles. The smallest absolute Gasteiger partial charge is 0.238 e. The van der Waals surface area contributed by atoms with Gasteiger partial charge in [-0.1, -0.05) is 0 Å². The van der Waals surface area contributed by atoms with Gasteiger partial charge in [-0.15, -0.1) is 11.8 Å². The summed E-state index contributed by atoms with van der Waals surface area (Å²) in [5.41, 5.74) is 2.01. The summed E-state index contributed by atoms with van der Waals surface area (Å²) in [5.74, 6) is 0.674. The van der Waals surface area contributed by atoms with E-state index in [2.05, 4.69) is 16.7 Å². The minimum atomic E-state index is 0.153. The van der Waals surface area contributed by atoms with Crippen molar-refractivity contribution < 1.29 is 4.79 Å². The third-order valence-corrected chi connectivity index (χ3v) is 3.55. The van der Waals surface area contributed by atoms with Crippen LogP contribution in [-0.2, 0) is 4.79 Å². The molecule has 4 nitrogen and oxygen atoms in total. The predicted octanol–water partition coefficient (Wildman–Crippen LogP) is 1.34. The number of nitrogens with zero attached hydrogens (tertiary/aromatic N) is 1. The van der Waals surface area contributed by atoms with Gasteiger partial charge < -0.3 is 10.6 Å². The third-order valence-electron chi connectivity index (χ3n) is 2.51. The Morgan fingerprint density at radius 3 is 2.94 bits per heavy atom. The Hall–Kier alpha value is -1.20. The number of hydrogen-bond donors (Lipinski definition) is 2. The lowest BCUT2D eigenvalue weighted by Crippen LogP contribution is -2.40. The Morgan fingerprint density at radius 2 is 2.25 bits per heavy atom. The first-order valence-electron chi connectivity index (χ1n) is 5.16. The topological polar surface area (TPSA) is 44.4 Å². The highest BCUT2D eigenvalue weighted by molar-refractivity contribution is 8.00. The van der Waals surface area contributed by atoms with E-state index in [-0.39, 0.29) is 5.91 Å². The van der Waals surface area contributed by atoms with Crippen LogP contribution in [0.25, 0.3) is 0 Å². The molecule has 1 aliphatic rings. The van der Waals surface area contributed by atoms with Crippen molar-refractivity contribution in [3.63, 3.8) is 0 Å². The number of amides is 1. The quantitative estimate of drug-likeness (QED) is 0.833. The van der Waals surface area contributed by atoms with E-state index in [1.165, 1.54) is 0 Å². The van der Waals surface area contributed by atoms with Crippen molar-refractivity contribution in [2.45, 2.75) is 4.90 Å². The summed E-state index contributed by atoms with van der Waals surface area (Å²) in [5, 5.41) is 6.11. The molecule has 1 amide bonds. The van der Waals surface area contributed by atoms with Gasteiger partial charge in [0.1, 0.15) is 0 Å². The van der Waals surface area contributed by atoms with E-state index < -0.39 is 0 Å². The lowest BCUT2D eigenvalue weighted by atomic mass is 10.2. The van der Waals surface area contributed by atoms with Crippen LogP contribution >= 0.6 is 11.8 Å². The van der Waals surface area contributed by atoms with E-state index in [9.17, 15) is 4.79 Å². The average Bonchev–Trinajstić information content (AvgIpc) is 2.32. The molecule has 0 saturated heterocycles. The molecule has 1 aromatic rings. The first-order chi connectivity index (χ1) is 7.76. The zero-order valence-corrected chi connectivity index (χ0v) is 10.2. The molecule has 0 fully saturated rings. The number of carbonyl (C=O) groups excluding carboxylic acids is 1. The van der Waals surface area contributed by atoms with Gasteiger partial charge in [-0.05, 0) is 25.2 Å². The summed E-state index contributed by atoms with van der Waals surface area (Å²) in [4.78, 5) is 14.7. The van der Waals surface area contributed by atoms with Gasteiger partial charge in [0.05, 0.1) is 18.1 Å². The molecular weight excluding hydrogens is 222 g/mol. The number of carbonyl (C=O) groups is 1. The fourth-order valence-corrected chi connectivity index (χ4v) is 2.61. The fourth-order valence-electron chi connectivity index (χ4n) is 1.69. The predicted molar refractivity (Wildman–Crippen MR) is 68.1 cm³/mol. The second kappa shape index (κ2) is 4.76. The number of nitrogens with one attached hydrogen (secondary N) is 2. The highest BCUT2D eigenvalue weighted by atomic mass is 32.2. The summed E-state index contributed by atoms with van der Waals surface area (Å²) < 4.78 is 0. The van der Waals surface area contributed by atoms with Gasteiger partial charge in [0.2, 0.25) is 5.91 Å². The summed E-state index contributed by atoms with van der Waals surface area (Å²) in [6, 6.07) is 6.09. The second-order valence-electron chi connectivity index (χ2n) is 3.55. The fraction of sp³-hybridized carbons (Fsp3) is 0.364. The van der Waals surface area contributed by atoms with Crippen molar-refractivity contribution >= 4 is 29.0 Å². The number of thioether (sulfide) groups is 1. The number of rotatable bonds is 3. The van der Waals surface area contributed by atoms with Crippen LogP contribution in [0.15, 0.2) is 23.1 Å². The molecule has 1 aromatic carbocycles. The Kier molecular flexibility index (Phi) is 3.36. The van der Waals surface area contributed by atoms with Crippen LogP contribution in [0.5, 0.6) is 0 Å². The molecule has 1 heterocycles. The van der Waals surface area contributed by atoms with Crippen molar-refractivity contribution in [1.82, 2.24) is 5.32 Å². The average molecular weight is 237 g/mol. The first kappa shape index (κ1) is 11.3. The first-order valence-corrected chi connectivity index (χ1v) is 6.14. The largest absolute Gasteiger partial charge is 0.388 e. The minimum absolute atomic E-state index is 0.153. The van der Waals surface area contributed by atoms with E-state index in [4.69, 9.17) is 0 Å². The molecule has 0 unspecified atom stereocenters. The highest BCUT2D eigenvalue weighted by Crippen LogP contribution is 2.36. The van der Waals surface area contributed by atoms with Gasteiger partial charge in [-0.25, -0.2) is 0 Å². The van der Waals surface area contributed by atoms with E-state index in [1.54, 1.807) is 16.7 Å². The van der Waals surface area contributed by atoms with Gasteiger partial charge in [0.15, 0.2) is 0 Å². The third kappa shape index (κ3) is 2.01.